The van der Waals surface area contributed by atoms with E-state index in [2.05, 4.69) is 27.2 Å². The van der Waals surface area contributed by atoms with Crippen molar-refractivity contribution in [3.05, 3.63) is 35.7 Å². The second-order valence-electron chi connectivity index (χ2n) is 6.26. The van der Waals surface area contributed by atoms with Crippen molar-refractivity contribution in [3.8, 4) is 0 Å². The predicted octanol–water partition coefficient (Wildman–Crippen LogP) is 1.01. The molecular formula is C16H20N6O2. The van der Waals surface area contributed by atoms with Crippen LogP contribution in [0.5, 0.6) is 0 Å². The number of ether oxygens (including phenoxy) is 1. The van der Waals surface area contributed by atoms with Crippen LogP contribution in [0.2, 0.25) is 0 Å². The van der Waals surface area contributed by atoms with Crippen molar-refractivity contribution in [3.63, 3.8) is 0 Å². The van der Waals surface area contributed by atoms with Gasteiger partial charge in [0.05, 0.1) is 41.9 Å². The van der Waals surface area contributed by atoms with Crippen LogP contribution in [0, 0.1) is 0 Å². The average molecular weight is 328 g/mol. The minimum Gasteiger partial charge on any atom is -0.368 e. The van der Waals surface area contributed by atoms with Gasteiger partial charge in [-0.15, -0.1) is 5.10 Å². The van der Waals surface area contributed by atoms with Gasteiger partial charge in [-0.3, -0.25) is 4.79 Å². The molecule has 8 heteroatoms. The number of aryl methyl sites for hydroxylation is 1. The van der Waals surface area contributed by atoms with Crippen molar-refractivity contribution in [1.29, 1.82) is 0 Å². The summed E-state index contributed by atoms with van der Waals surface area (Å²) in [6, 6.07) is 0.155. The third-order valence-corrected chi connectivity index (χ3v) is 4.73. The standard InChI is InChI=1S/C16H20N6O2/c1-2-3-13-12(7-17-10-18-13)16(23)21-5-4-14-15(8-21)24-9-11-6-19-20-22(11)14/h6-7,10,14-15H,2-5,8-9H2,1H3/t14-,15-/m0/s1. The van der Waals surface area contributed by atoms with Crippen LogP contribution in [-0.2, 0) is 17.8 Å². The smallest absolute Gasteiger partial charge is 0.257 e. The van der Waals surface area contributed by atoms with E-state index in [0.717, 1.165) is 30.7 Å². The summed E-state index contributed by atoms with van der Waals surface area (Å²) >= 11 is 0. The summed E-state index contributed by atoms with van der Waals surface area (Å²) < 4.78 is 7.88. The fourth-order valence-corrected chi connectivity index (χ4v) is 3.51. The highest BCUT2D eigenvalue weighted by Crippen LogP contribution is 2.31. The zero-order valence-corrected chi connectivity index (χ0v) is 13.6. The Hall–Kier alpha value is -2.35. The van der Waals surface area contributed by atoms with Crippen molar-refractivity contribution in [2.45, 2.75) is 44.9 Å². The van der Waals surface area contributed by atoms with Gasteiger partial charge < -0.3 is 9.64 Å². The third-order valence-electron chi connectivity index (χ3n) is 4.73. The monoisotopic (exact) mass is 328 g/mol. The Balaban J connectivity index is 1.52. The van der Waals surface area contributed by atoms with Gasteiger partial charge in [0.1, 0.15) is 6.33 Å². The molecule has 2 aromatic rings. The number of aromatic nitrogens is 5. The lowest BCUT2D eigenvalue weighted by atomic mass is 9.99. The average Bonchev–Trinajstić information content (AvgIpc) is 3.10. The zero-order valence-electron chi connectivity index (χ0n) is 13.6. The topological polar surface area (TPSA) is 86.0 Å². The number of nitrogens with zero attached hydrogens (tertiary/aromatic N) is 6. The first-order chi connectivity index (χ1) is 11.8. The quantitative estimate of drug-likeness (QED) is 0.836. The number of carbonyl (C=O) groups excluding carboxylic acids is 1. The van der Waals surface area contributed by atoms with Crippen molar-refractivity contribution in [1.82, 2.24) is 29.9 Å². The summed E-state index contributed by atoms with van der Waals surface area (Å²) in [4.78, 5) is 23.1. The SMILES string of the molecule is CCCc1ncncc1C(=O)N1CC[C@H]2[C@H](C1)OCc1cnnn12. The Kier molecular flexibility index (Phi) is 3.97. The molecular weight excluding hydrogens is 308 g/mol. The van der Waals surface area contributed by atoms with E-state index in [1.54, 1.807) is 12.4 Å². The summed E-state index contributed by atoms with van der Waals surface area (Å²) in [6.45, 7) is 3.80. The van der Waals surface area contributed by atoms with Gasteiger partial charge in [-0.2, -0.15) is 0 Å². The molecule has 0 N–H and O–H groups in total. The highest BCUT2D eigenvalue weighted by Gasteiger charge is 2.38. The second kappa shape index (κ2) is 6.27. The molecule has 1 fully saturated rings. The third kappa shape index (κ3) is 2.56. The van der Waals surface area contributed by atoms with Gasteiger partial charge in [-0.25, -0.2) is 14.6 Å². The highest BCUT2D eigenvalue weighted by molar-refractivity contribution is 5.95. The maximum atomic E-state index is 12.9. The molecule has 0 aromatic carbocycles. The lowest BCUT2D eigenvalue weighted by Gasteiger charge is -2.41. The summed E-state index contributed by atoms with van der Waals surface area (Å²) in [6.07, 6.45) is 7.36. The Morgan fingerprint density at radius 3 is 3.21 bits per heavy atom. The number of fused-ring (bicyclic) bond motifs is 3. The molecule has 2 aliphatic rings. The van der Waals surface area contributed by atoms with Crippen molar-refractivity contribution < 1.29 is 9.53 Å². The van der Waals surface area contributed by atoms with Crippen LogP contribution in [0.4, 0.5) is 0 Å². The van der Waals surface area contributed by atoms with E-state index in [1.165, 1.54) is 6.33 Å². The minimum absolute atomic E-state index is 0.00881. The molecule has 1 amide bonds. The molecule has 24 heavy (non-hydrogen) atoms. The van der Waals surface area contributed by atoms with Crippen LogP contribution in [0.3, 0.4) is 0 Å². The Bertz CT molecular complexity index is 746. The van der Waals surface area contributed by atoms with Gasteiger partial charge in [0.25, 0.3) is 5.91 Å². The number of piperidine rings is 1. The Morgan fingerprint density at radius 1 is 1.42 bits per heavy atom. The zero-order chi connectivity index (χ0) is 16.5. The van der Waals surface area contributed by atoms with E-state index in [9.17, 15) is 4.79 Å². The van der Waals surface area contributed by atoms with Gasteiger partial charge >= 0.3 is 0 Å². The Labute approximate surface area is 139 Å². The number of carbonyl (C=O) groups is 1. The molecule has 0 saturated carbocycles. The number of amides is 1. The molecule has 2 atom stereocenters. The maximum absolute atomic E-state index is 12.9. The first-order valence-corrected chi connectivity index (χ1v) is 8.36. The van der Waals surface area contributed by atoms with E-state index >= 15 is 0 Å². The van der Waals surface area contributed by atoms with Crippen LogP contribution >= 0.6 is 0 Å². The van der Waals surface area contributed by atoms with Gasteiger partial charge in [0.15, 0.2) is 0 Å². The van der Waals surface area contributed by atoms with Crippen LogP contribution < -0.4 is 0 Å². The first kappa shape index (κ1) is 15.2. The van der Waals surface area contributed by atoms with Crippen molar-refractivity contribution >= 4 is 5.91 Å². The fourth-order valence-electron chi connectivity index (χ4n) is 3.51. The molecule has 0 radical (unpaired) electrons. The molecule has 0 aliphatic carbocycles. The highest BCUT2D eigenvalue weighted by atomic mass is 16.5. The summed E-state index contributed by atoms with van der Waals surface area (Å²) in [5.74, 6) is -0.00881. The summed E-state index contributed by atoms with van der Waals surface area (Å²) in [5.41, 5.74) is 2.43. The van der Waals surface area contributed by atoms with Gasteiger partial charge in [-0.1, -0.05) is 18.6 Å². The molecule has 1 saturated heterocycles. The molecule has 0 unspecified atom stereocenters. The maximum Gasteiger partial charge on any atom is 0.257 e. The van der Waals surface area contributed by atoms with Crippen LogP contribution in [0.15, 0.2) is 18.7 Å². The molecule has 2 aliphatic heterocycles. The molecule has 0 spiro atoms. The van der Waals surface area contributed by atoms with Gasteiger partial charge in [0.2, 0.25) is 0 Å². The predicted molar refractivity (Wildman–Crippen MR) is 84.2 cm³/mol. The van der Waals surface area contributed by atoms with Gasteiger partial charge in [0, 0.05) is 19.3 Å². The second-order valence-corrected chi connectivity index (χ2v) is 6.26. The lowest BCUT2D eigenvalue weighted by Crippen LogP contribution is -2.50. The number of rotatable bonds is 3. The van der Waals surface area contributed by atoms with Crippen molar-refractivity contribution in [2.75, 3.05) is 13.1 Å². The van der Waals surface area contributed by atoms with Crippen LogP contribution in [-0.4, -0.2) is 55.0 Å². The molecule has 8 nitrogen and oxygen atoms in total. The number of likely N-dealkylation sites (tertiary alicyclic amines) is 1. The van der Waals surface area contributed by atoms with E-state index in [4.69, 9.17) is 4.74 Å². The van der Waals surface area contributed by atoms with Gasteiger partial charge in [-0.05, 0) is 12.8 Å². The molecule has 126 valence electrons. The molecule has 4 rings (SSSR count). The normalized spacial score (nSPS) is 22.8. The van der Waals surface area contributed by atoms with Crippen LogP contribution in [0.25, 0.3) is 0 Å². The lowest BCUT2D eigenvalue weighted by molar-refractivity contribution is -0.0628. The molecule has 2 aromatic heterocycles. The first-order valence-electron chi connectivity index (χ1n) is 8.36. The molecule has 4 heterocycles. The number of hydrogen-bond donors (Lipinski definition) is 0. The van der Waals surface area contributed by atoms with E-state index in [0.29, 0.717) is 25.3 Å². The summed E-state index contributed by atoms with van der Waals surface area (Å²) in [5, 5.41) is 8.14. The van der Waals surface area contributed by atoms with Crippen LogP contribution in [0.1, 0.15) is 47.6 Å². The molecule has 0 bridgehead atoms. The van der Waals surface area contributed by atoms with E-state index < -0.39 is 0 Å². The minimum atomic E-state index is -0.0452. The number of hydrogen-bond acceptors (Lipinski definition) is 6. The Morgan fingerprint density at radius 2 is 2.33 bits per heavy atom. The summed E-state index contributed by atoms with van der Waals surface area (Å²) in [7, 11) is 0. The van der Waals surface area contributed by atoms with Crippen molar-refractivity contribution in [2.24, 2.45) is 0 Å². The fraction of sp³-hybridized carbons (Fsp3) is 0.562. The largest absolute Gasteiger partial charge is 0.368 e. The van der Waals surface area contributed by atoms with E-state index in [1.807, 2.05) is 9.58 Å². The van der Waals surface area contributed by atoms with E-state index in [-0.39, 0.29) is 18.1 Å².